The Morgan fingerprint density at radius 1 is 1.24 bits per heavy atom. The number of para-hydroxylation sites is 1. The van der Waals surface area contributed by atoms with Gasteiger partial charge in [0.2, 0.25) is 5.78 Å². The van der Waals surface area contributed by atoms with E-state index in [1.165, 1.54) is 25.3 Å². The van der Waals surface area contributed by atoms with Gasteiger partial charge in [-0.3, -0.25) is 14.9 Å². The van der Waals surface area contributed by atoms with Crippen LogP contribution in [0.3, 0.4) is 0 Å². The molecule has 0 amide bonds. The molecule has 25 heavy (non-hydrogen) atoms. The van der Waals surface area contributed by atoms with E-state index in [1.54, 1.807) is 18.2 Å². The van der Waals surface area contributed by atoms with Crippen LogP contribution in [0.4, 0.5) is 5.69 Å². The Morgan fingerprint density at radius 2 is 2.00 bits per heavy atom. The average Bonchev–Trinajstić information content (AvgIpc) is 3.04. The van der Waals surface area contributed by atoms with Crippen LogP contribution in [0.15, 0.2) is 53.0 Å². The van der Waals surface area contributed by atoms with E-state index in [2.05, 4.69) is 0 Å². The topological polar surface area (TPSA) is 106 Å². The minimum absolute atomic E-state index is 0.152. The van der Waals surface area contributed by atoms with E-state index in [-0.39, 0.29) is 11.5 Å². The standard InChI is InChI=1S/C18H13NO6/c1-24-17-9-11(8-13(18(17)21)19(22)23)6-7-14(20)16-10-12-4-2-3-5-15(12)25-16/h2-10,21H,1H3/p-1/b7-6+. The van der Waals surface area contributed by atoms with Crippen LogP contribution >= 0.6 is 0 Å². The Kier molecular flexibility index (Phi) is 4.21. The number of carbonyl (C=O) groups is 1. The molecule has 126 valence electrons. The van der Waals surface area contributed by atoms with Gasteiger partial charge < -0.3 is 14.3 Å². The highest BCUT2D eigenvalue weighted by Crippen LogP contribution is 2.34. The number of ether oxygens (including phenoxy) is 1. The normalized spacial score (nSPS) is 11.1. The van der Waals surface area contributed by atoms with Gasteiger partial charge in [0.1, 0.15) is 11.3 Å². The first kappa shape index (κ1) is 16.3. The fourth-order valence-electron chi connectivity index (χ4n) is 2.35. The van der Waals surface area contributed by atoms with Crippen LogP contribution in [-0.2, 0) is 0 Å². The van der Waals surface area contributed by atoms with Crippen molar-refractivity contribution in [2.75, 3.05) is 7.11 Å². The number of nitro benzene ring substituents is 1. The Morgan fingerprint density at radius 3 is 2.68 bits per heavy atom. The first-order chi connectivity index (χ1) is 12.0. The van der Waals surface area contributed by atoms with Gasteiger partial charge in [-0.05, 0) is 29.8 Å². The number of methoxy groups -OCH3 is 1. The quantitative estimate of drug-likeness (QED) is 0.306. The monoisotopic (exact) mass is 338 g/mol. The second-order valence-electron chi connectivity index (χ2n) is 5.17. The molecule has 0 saturated heterocycles. The highest BCUT2D eigenvalue weighted by molar-refractivity contribution is 6.07. The maximum Gasteiger partial charge on any atom is 0.266 e. The van der Waals surface area contributed by atoms with Crippen LogP contribution in [0.1, 0.15) is 16.1 Å². The summed E-state index contributed by atoms with van der Waals surface area (Å²) in [7, 11) is 1.24. The molecular formula is C18H12NO6-. The molecule has 0 atom stereocenters. The molecule has 0 unspecified atom stereocenters. The van der Waals surface area contributed by atoms with Gasteiger partial charge in [-0.15, -0.1) is 0 Å². The van der Waals surface area contributed by atoms with Gasteiger partial charge in [0.25, 0.3) is 5.69 Å². The van der Waals surface area contributed by atoms with Crippen molar-refractivity contribution < 1.29 is 24.0 Å². The lowest BCUT2D eigenvalue weighted by Crippen LogP contribution is -2.01. The molecule has 0 aliphatic carbocycles. The third kappa shape index (κ3) is 3.20. The third-order valence-electron chi connectivity index (χ3n) is 3.57. The van der Waals surface area contributed by atoms with Crippen LogP contribution in [0.25, 0.3) is 17.0 Å². The SMILES string of the molecule is COc1cc(/C=C/C(=O)c2cc3ccccc3o2)cc([N+](=O)[O-])c1[O-]. The van der Waals surface area contributed by atoms with Crippen molar-refractivity contribution in [3.05, 3.63) is 70.0 Å². The summed E-state index contributed by atoms with van der Waals surface area (Å²) in [6, 6.07) is 11.2. The second kappa shape index (κ2) is 6.48. The molecule has 2 aromatic carbocycles. The van der Waals surface area contributed by atoms with Gasteiger partial charge in [0.15, 0.2) is 5.76 Å². The molecule has 0 N–H and O–H groups in total. The van der Waals surface area contributed by atoms with Gasteiger partial charge in [0, 0.05) is 17.2 Å². The van der Waals surface area contributed by atoms with Gasteiger partial charge >= 0.3 is 0 Å². The van der Waals surface area contributed by atoms with Gasteiger partial charge in [-0.25, -0.2) is 0 Å². The molecule has 0 aliphatic heterocycles. The highest BCUT2D eigenvalue weighted by atomic mass is 16.6. The number of fused-ring (bicyclic) bond motifs is 1. The van der Waals surface area contributed by atoms with Crippen LogP contribution in [0, 0.1) is 10.1 Å². The van der Waals surface area contributed by atoms with E-state index >= 15 is 0 Å². The van der Waals surface area contributed by atoms with Crippen LogP contribution < -0.4 is 9.84 Å². The van der Waals surface area contributed by atoms with E-state index in [4.69, 9.17) is 9.15 Å². The number of ketones is 1. The zero-order valence-corrected chi connectivity index (χ0v) is 13.1. The van der Waals surface area contributed by atoms with Crippen LogP contribution in [0.5, 0.6) is 11.5 Å². The van der Waals surface area contributed by atoms with Crippen molar-refractivity contribution in [1.82, 2.24) is 0 Å². The summed E-state index contributed by atoms with van der Waals surface area (Å²) in [6.07, 6.45) is 2.59. The van der Waals surface area contributed by atoms with E-state index in [9.17, 15) is 20.0 Å². The number of nitrogens with zero attached hydrogens (tertiary/aromatic N) is 1. The van der Waals surface area contributed by atoms with E-state index in [0.29, 0.717) is 11.1 Å². The van der Waals surface area contributed by atoms with Crippen molar-refractivity contribution in [2.24, 2.45) is 0 Å². The van der Waals surface area contributed by atoms with E-state index in [0.717, 1.165) is 11.5 Å². The van der Waals surface area contributed by atoms with Gasteiger partial charge in [0.05, 0.1) is 12.0 Å². The number of hydrogen-bond acceptors (Lipinski definition) is 6. The summed E-state index contributed by atoms with van der Waals surface area (Å²) in [4.78, 5) is 22.4. The lowest BCUT2D eigenvalue weighted by Gasteiger charge is -2.13. The molecule has 7 nitrogen and oxygen atoms in total. The molecule has 0 saturated carbocycles. The average molecular weight is 338 g/mol. The summed E-state index contributed by atoms with van der Waals surface area (Å²) >= 11 is 0. The fourth-order valence-corrected chi connectivity index (χ4v) is 2.35. The van der Waals surface area contributed by atoms with Gasteiger partial charge in [-0.2, -0.15) is 0 Å². The Labute approximate surface area is 141 Å². The maximum absolute atomic E-state index is 12.2. The molecule has 0 spiro atoms. The van der Waals surface area contributed by atoms with E-state index < -0.39 is 22.1 Å². The minimum atomic E-state index is -0.812. The number of benzene rings is 2. The first-order valence-corrected chi connectivity index (χ1v) is 7.24. The molecule has 0 aliphatic rings. The van der Waals surface area contributed by atoms with Gasteiger partial charge in [-0.1, -0.05) is 24.3 Å². The number of nitro groups is 1. The lowest BCUT2D eigenvalue weighted by atomic mass is 10.1. The molecule has 3 aromatic rings. The van der Waals surface area contributed by atoms with E-state index in [1.807, 2.05) is 12.1 Å². The Bertz CT molecular complexity index is 969. The van der Waals surface area contributed by atoms with Crippen LogP contribution in [0.2, 0.25) is 0 Å². The number of rotatable bonds is 5. The highest BCUT2D eigenvalue weighted by Gasteiger charge is 2.13. The van der Waals surface area contributed by atoms with Crippen molar-refractivity contribution in [1.29, 1.82) is 0 Å². The zero-order chi connectivity index (χ0) is 18.0. The fraction of sp³-hybridized carbons (Fsp3) is 0.0556. The molecule has 1 heterocycles. The molecule has 0 radical (unpaired) electrons. The third-order valence-corrected chi connectivity index (χ3v) is 3.57. The molecule has 1 aromatic heterocycles. The number of furan rings is 1. The molecular weight excluding hydrogens is 326 g/mol. The summed E-state index contributed by atoms with van der Waals surface area (Å²) in [5.41, 5.74) is 0.273. The van der Waals surface area contributed by atoms with Crippen molar-refractivity contribution in [3.8, 4) is 11.5 Å². The smallest absolute Gasteiger partial charge is 0.266 e. The number of carbonyl (C=O) groups excluding carboxylic acids is 1. The Hall–Kier alpha value is -3.61. The number of allylic oxidation sites excluding steroid dienone is 1. The summed E-state index contributed by atoms with van der Waals surface area (Å²) in [5.74, 6) is -1.22. The molecule has 3 rings (SSSR count). The van der Waals surface area contributed by atoms with Crippen molar-refractivity contribution in [3.63, 3.8) is 0 Å². The summed E-state index contributed by atoms with van der Waals surface area (Å²) in [5, 5.41) is 23.5. The predicted octanol–water partition coefficient (Wildman–Crippen LogP) is 3.32. The molecule has 0 fully saturated rings. The van der Waals surface area contributed by atoms with Crippen molar-refractivity contribution >= 4 is 28.5 Å². The maximum atomic E-state index is 12.2. The molecule has 7 heteroatoms. The summed E-state index contributed by atoms with van der Waals surface area (Å²) < 4.78 is 10.3. The van der Waals surface area contributed by atoms with Crippen molar-refractivity contribution in [2.45, 2.75) is 0 Å². The first-order valence-electron chi connectivity index (χ1n) is 7.24. The summed E-state index contributed by atoms with van der Waals surface area (Å²) in [6.45, 7) is 0. The predicted molar refractivity (Wildman–Crippen MR) is 88.7 cm³/mol. The minimum Gasteiger partial charge on any atom is -0.865 e. The molecule has 0 bridgehead atoms. The Balaban J connectivity index is 1.91. The largest absolute Gasteiger partial charge is 0.865 e. The lowest BCUT2D eigenvalue weighted by molar-refractivity contribution is -0.398. The zero-order valence-electron chi connectivity index (χ0n) is 13.1. The van der Waals surface area contributed by atoms with Crippen LogP contribution in [-0.4, -0.2) is 17.8 Å². The second-order valence-corrected chi connectivity index (χ2v) is 5.17. The number of hydrogen-bond donors (Lipinski definition) is 0.